The smallest absolute Gasteiger partial charge is 0.221 e. The van der Waals surface area contributed by atoms with Gasteiger partial charge in [-0.15, -0.1) is 0 Å². The van der Waals surface area contributed by atoms with Gasteiger partial charge in [-0.05, 0) is 42.3 Å². The van der Waals surface area contributed by atoms with E-state index in [0.717, 1.165) is 22.7 Å². The molecule has 1 heterocycles. The molecular weight excluding hydrogens is 266 g/mol. The van der Waals surface area contributed by atoms with Crippen molar-refractivity contribution in [2.45, 2.75) is 20.4 Å². The van der Waals surface area contributed by atoms with Crippen molar-refractivity contribution in [2.75, 3.05) is 17.7 Å². The van der Waals surface area contributed by atoms with Gasteiger partial charge in [0.15, 0.2) is 0 Å². The van der Waals surface area contributed by atoms with E-state index in [0.29, 0.717) is 6.54 Å². The number of ether oxygens (including phenoxy) is 1. The monoisotopic (exact) mass is 285 g/mol. The lowest BCUT2D eigenvalue weighted by Crippen LogP contribution is -2.07. The van der Waals surface area contributed by atoms with Crippen LogP contribution in [0.4, 0.5) is 11.4 Å². The van der Waals surface area contributed by atoms with Crippen molar-refractivity contribution in [1.82, 2.24) is 4.98 Å². The zero-order valence-corrected chi connectivity index (χ0v) is 12.4. The van der Waals surface area contributed by atoms with Crippen LogP contribution in [0.3, 0.4) is 0 Å². The molecule has 0 aliphatic carbocycles. The molecule has 0 radical (unpaired) electrons. The van der Waals surface area contributed by atoms with Gasteiger partial charge in [0.05, 0.1) is 12.8 Å². The van der Waals surface area contributed by atoms with Gasteiger partial charge in [0.2, 0.25) is 5.91 Å². The highest BCUT2D eigenvalue weighted by atomic mass is 16.5. The highest BCUT2D eigenvalue weighted by molar-refractivity contribution is 5.89. The van der Waals surface area contributed by atoms with E-state index in [4.69, 9.17) is 4.74 Å². The molecule has 1 amide bonds. The van der Waals surface area contributed by atoms with Crippen LogP contribution in [0.1, 0.15) is 18.1 Å². The van der Waals surface area contributed by atoms with E-state index in [1.165, 1.54) is 12.5 Å². The van der Waals surface area contributed by atoms with Crippen LogP contribution in [0.15, 0.2) is 36.7 Å². The SMILES string of the molecule is COc1ccc(NC(C)=O)cc1NCc1cnccc1C. The van der Waals surface area contributed by atoms with Gasteiger partial charge >= 0.3 is 0 Å². The Bertz CT molecular complexity index is 641. The molecule has 5 heteroatoms. The van der Waals surface area contributed by atoms with Gasteiger partial charge in [0, 0.05) is 31.5 Å². The summed E-state index contributed by atoms with van der Waals surface area (Å²) in [5, 5.41) is 6.08. The van der Waals surface area contributed by atoms with Crippen LogP contribution < -0.4 is 15.4 Å². The molecule has 0 saturated carbocycles. The van der Waals surface area contributed by atoms with Crippen LogP contribution in [0.2, 0.25) is 0 Å². The zero-order chi connectivity index (χ0) is 15.2. The zero-order valence-electron chi connectivity index (χ0n) is 12.4. The topological polar surface area (TPSA) is 63.2 Å². The lowest BCUT2D eigenvalue weighted by molar-refractivity contribution is -0.114. The first-order valence-electron chi connectivity index (χ1n) is 6.69. The maximum Gasteiger partial charge on any atom is 0.221 e. The summed E-state index contributed by atoms with van der Waals surface area (Å²) < 4.78 is 5.33. The molecule has 21 heavy (non-hydrogen) atoms. The number of rotatable bonds is 5. The molecule has 2 rings (SSSR count). The number of benzene rings is 1. The number of carbonyl (C=O) groups excluding carboxylic acids is 1. The van der Waals surface area contributed by atoms with Gasteiger partial charge in [0.25, 0.3) is 0 Å². The van der Waals surface area contributed by atoms with Crippen LogP contribution in [-0.2, 0) is 11.3 Å². The Balaban J connectivity index is 2.17. The van der Waals surface area contributed by atoms with Gasteiger partial charge in [-0.1, -0.05) is 0 Å². The predicted octanol–water partition coefficient (Wildman–Crippen LogP) is 2.97. The van der Waals surface area contributed by atoms with Gasteiger partial charge in [-0.2, -0.15) is 0 Å². The van der Waals surface area contributed by atoms with Crippen molar-refractivity contribution in [1.29, 1.82) is 0 Å². The third-order valence-electron chi connectivity index (χ3n) is 3.14. The van der Waals surface area contributed by atoms with E-state index in [-0.39, 0.29) is 5.91 Å². The van der Waals surface area contributed by atoms with E-state index < -0.39 is 0 Å². The van der Waals surface area contributed by atoms with Crippen molar-refractivity contribution in [3.05, 3.63) is 47.8 Å². The average molecular weight is 285 g/mol. The maximum absolute atomic E-state index is 11.1. The number of anilines is 2. The minimum absolute atomic E-state index is 0.103. The number of aryl methyl sites for hydroxylation is 1. The minimum Gasteiger partial charge on any atom is -0.495 e. The summed E-state index contributed by atoms with van der Waals surface area (Å²) in [6, 6.07) is 7.46. The van der Waals surface area contributed by atoms with Crippen molar-refractivity contribution >= 4 is 17.3 Å². The number of hydrogen-bond acceptors (Lipinski definition) is 4. The summed E-state index contributed by atoms with van der Waals surface area (Å²) in [7, 11) is 1.62. The molecule has 0 spiro atoms. The Labute approximate surface area is 124 Å². The van der Waals surface area contributed by atoms with Gasteiger partial charge in [-0.25, -0.2) is 0 Å². The quantitative estimate of drug-likeness (QED) is 0.886. The molecule has 0 aliphatic heterocycles. The summed E-state index contributed by atoms with van der Waals surface area (Å²) in [6.45, 7) is 4.17. The van der Waals surface area contributed by atoms with Crippen molar-refractivity contribution in [3.63, 3.8) is 0 Å². The number of hydrogen-bond donors (Lipinski definition) is 2. The normalized spacial score (nSPS) is 10.0. The second-order valence-electron chi connectivity index (χ2n) is 4.75. The third-order valence-corrected chi connectivity index (χ3v) is 3.14. The van der Waals surface area contributed by atoms with E-state index in [1.807, 2.05) is 31.3 Å². The van der Waals surface area contributed by atoms with E-state index in [9.17, 15) is 4.79 Å². The molecular formula is C16H19N3O2. The van der Waals surface area contributed by atoms with E-state index in [2.05, 4.69) is 15.6 Å². The molecule has 0 bridgehead atoms. The maximum atomic E-state index is 11.1. The minimum atomic E-state index is -0.103. The fourth-order valence-electron chi connectivity index (χ4n) is 2.00. The molecule has 110 valence electrons. The number of carbonyl (C=O) groups is 1. The Morgan fingerprint density at radius 2 is 2.14 bits per heavy atom. The predicted molar refractivity (Wildman–Crippen MR) is 83.6 cm³/mol. The average Bonchev–Trinajstić information content (AvgIpc) is 2.46. The van der Waals surface area contributed by atoms with Crippen LogP contribution in [0.5, 0.6) is 5.75 Å². The molecule has 0 saturated heterocycles. The molecule has 0 fully saturated rings. The molecule has 0 aliphatic rings. The van der Waals surface area contributed by atoms with Gasteiger partial charge < -0.3 is 15.4 Å². The molecule has 1 aromatic carbocycles. The summed E-state index contributed by atoms with van der Waals surface area (Å²) in [5.41, 5.74) is 3.85. The number of amides is 1. The summed E-state index contributed by atoms with van der Waals surface area (Å²) >= 11 is 0. The van der Waals surface area contributed by atoms with Crippen molar-refractivity contribution < 1.29 is 9.53 Å². The molecule has 2 aromatic rings. The standard InChI is InChI=1S/C16H19N3O2/c1-11-6-7-17-9-13(11)10-18-15-8-14(19-12(2)20)4-5-16(15)21-3/h4-9,18H,10H2,1-3H3,(H,19,20). The fourth-order valence-corrected chi connectivity index (χ4v) is 2.00. The second kappa shape index (κ2) is 6.74. The highest BCUT2D eigenvalue weighted by Gasteiger charge is 2.06. The Morgan fingerprint density at radius 3 is 2.81 bits per heavy atom. The Hall–Kier alpha value is -2.56. The molecule has 5 nitrogen and oxygen atoms in total. The largest absolute Gasteiger partial charge is 0.495 e. The van der Waals surface area contributed by atoms with Gasteiger partial charge in [-0.3, -0.25) is 9.78 Å². The number of pyridine rings is 1. The summed E-state index contributed by atoms with van der Waals surface area (Å²) in [5.74, 6) is 0.625. The summed E-state index contributed by atoms with van der Waals surface area (Å²) in [6.07, 6.45) is 3.61. The number of nitrogens with zero attached hydrogens (tertiary/aromatic N) is 1. The number of methoxy groups -OCH3 is 1. The van der Waals surface area contributed by atoms with Gasteiger partial charge in [0.1, 0.15) is 5.75 Å². The second-order valence-corrected chi connectivity index (χ2v) is 4.75. The van der Waals surface area contributed by atoms with Crippen LogP contribution in [0.25, 0.3) is 0 Å². The Kier molecular flexibility index (Phi) is 4.77. The highest BCUT2D eigenvalue weighted by Crippen LogP contribution is 2.28. The van der Waals surface area contributed by atoms with E-state index >= 15 is 0 Å². The van der Waals surface area contributed by atoms with E-state index in [1.54, 1.807) is 19.4 Å². The third kappa shape index (κ3) is 3.95. The van der Waals surface area contributed by atoms with Crippen LogP contribution in [-0.4, -0.2) is 18.0 Å². The lowest BCUT2D eigenvalue weighted by atomic mass is 10.1. The first-order chi connectivity index (χ1) is 10.1. The lowest BCUT2D eigenvalue weighted by Gasteiger charge is -2.14. The Morgan fingerprint density at radius 1 is 1.33 bits per heavy atom. The molecule has 0 unspecified atom stereocenters. The molecule has 1 aromatic heterocycles. The van der Waals surface area contributed by atoms with Crippen LogP contribution in [0, 0.1) is 6.92 Å². The number of aromatic nitrogens is 1. The first kappa shape index (κ1) is 14.8. The first-order valence-corrected chi connectivity index (χ1v) is 6.69. The molecule has 0 atom stereocenters. The van der Waals surface area contributed by atoms with Crippen LogP contribution >= 0.6 is 0 Å². The number of nitrogens with one attached hydrogen (secondary N) is 2. The van der Waals surface area contributed by atoms with Crippen molar-refractivity contribution in [2.24, 2.45) is 0 Å². The fraction of sp³-hybridized carbons (Fsp3) is 0.250. The summed E-state index contributed by atoms with van der Waals surface area (Å²) in [4.78, 5) is 15.3. The molecule has 2 N–H and O–H groups in total. The van der Waals surface area contributed by atoms with Crippen molar-refractivity contribution in [3.8, 4) is 5.75 Å².